The van der Waals surface area contributed by atoms with Crippen LogP contribution >= 0.6 is 11.6 Å². The molecule has 194 valence electrons. The van der Waals surface area contributed by atoms with E-state index in [1.54, 1.807) is 30.3 Å². The Bertz CT molecular complexity index is 1360. The van der Waals surface area contributed by atoms with Gasteiger partial charge in [0.2, 0.25) is 11.8 Å². The number of carbonyl (C=O) groups is 2. The van der Waals surface area contributed by atoms with Gasteiger partial charge in [0.25, 0.3) is 10.0 Å². The lowest BCUT2D eigenvalue weighted by Gasteiger charge is -2.31. The second-order valence-corrected chi connectivity index (χ2v) is 10.9. The van der Waals surface area contributed by atoms with E-state index in [1.807, 2.05) is 30.3 Å². The highest BCUT2D eigenvalue weighted by molar-refractivity contribution is 7.92. The maximum absolute atomic E-state index is 13.1. The summed E-state index contributed by atoms with van der Waals surface area (Å²) >= 11 is 6.13. The van der Waals surface area contributed by atoms with E-state index in [1.165, 1.54) is 12.1 Å². The van der Waals surface area contributed by atoms with Gasteiger partial charge in [-0.15, -0.1) is 0 Å². The molecule has 3 N–H and O–H groups in total. The van der Waals surface area contributed by atoms with Crippen molar-refractivity contribution >= 4 is 50.5 Å². The van der Waals surface area contributed by atoms with Crippen LogP contribution in [-0.4, -0.2) is 39.9 Å². The second kappa shape index (κ2) is 12.1. The molecule has 0 radical (unpaired) electrons. The number of para-hydroxylation sites is 1. The summed E-state index contributed by atoms with van der Waals surface area (Å²) in [6, 6.07) is 20.5. The first-order valence-electron chi connectivity index (χ1n) is 12.1. The molecule has 1 saturated heterocycles. The zero-order valence-corrected chi connectivity index (χ0v) is 21.8. The number of halogens is 1. The normalized spacial score (nSPS) is 13.6. The maximum Gasteiger partial charge on any atom is 0.262 e. The summed E-state index contributed by atoms with van der Waals surface area (Å²) in [5.41, 5.74) is 2.21. The molecule has 37 heavy (non-hydrogen) atoms. The van der Waals surface area contributed by atoms with Crippen LogP contribution < -0.4 is 20.3 Å². The minimum absolute atomic E-state index is 0.0170. The summed E-state index contributed by atoms with van der Waals surface area (Å²) < 4.78 is 28.7. The zero-order valence-electron chi connectivity index (χ0n) is 20.2. The van der Waals surface area contributed by atoms with Gasteiger partial charge in [0.1, 0.15) is 0 Å². The Labute approximate surface area is 222 Å². The largest absolute Gasteiger partial charge is 0.370 e. The molecule has 3 aromatic carbocycles. The number of hydrogen-bond donors (Lipinski definition) is 3. The Kier molecular flexibility index (Phi) is 8.68. The Morgan fingerprint density at radius 3 is 2.27 bits per heavy atom. The van der Waals surface area contributed by atoms with Crippen LogP contribution in [0.5, 0.6) is 0 Å². The fourth-order valence-electron chi connectivity index (χ4n) is 4.16. The van der Waals surface area contributed by atoms with Gasteiger partial charge in [0.05, 0.1) is 39.9 Å². The highest BCUT2D eigenvalue weighted by atomic mass is 35.5. The standard InChI is InChI=1S/C27H29ClN4O4S/c28-22-11-5-6-12-23(22)31-37(35,36)21-13-14-25(32-15-7-2-8-16-32)24(18-21)30-27(34)19-29-26(33)17-20-9-3-1-4-10-20/h1,3-6,9-14,18,31H,2,7-8,15-17,19H2,(H,29,33)(H,30,34). The highest BCUT2D eigenvalue weighted by Gasteiger charge is 2.22. The van der Waals surface area contributed by atoms with Crippen molar-refractivity contribution in [2.75, 3.05) is 34.6 Å². The fraction of sp³-hybridized carbons (Fsp3) is 0.259. The average molecular weight is 541 g/mol. The molecular formula is C27H29ClN4O4S. The quantitative estimate of drug-likeness (QED) is 0.372. The molecule has 2 amide bonds. The van der Waals surface area contributed by atoms with E-state index in [0.717, 1.165) is 43.6 Å². The lowest BCUT2D eigenvalue weighted by atomic mass is 10.1. The van der Waals surface area contributed by atoms with Crippen molar-refractivity contribution in [2.24, 2.45) is 0 Å². The first kappa shape index (κ1) is 26.5. The van der Waals surface area contributed by atoms with E-state index in [0.29, 0.717) is 5.69 Å². The number of rotatable bonds is 9. The third-order valence-corrected chi connectivity index (χ3v) is 7.71. The van der Waals surface area contributed by atoms with Gasteiger partial charge in [-0.1, -0.05) is 54.1 Å². The van der Waals surface area contributed by atoms with Crippen molar-refractivity contribution in [3.63, 3.8) is 0 Å². The summed E-state index contributed by atoms with van der Waals surface area (Å²) in [4.78, 5) is 27.2. The Balaban J connectivity index is 1.51. The molecule has 0 aromatic heterocycles. The van der Waals surface area contributed by atoms with Crippen molar-refractivity contribution in [1.82, 2.24) is 5.32 Å². The van der Waals surface area contributed by atoms with Crippen LogP contribution in [0.1, 0.15) is 24.8 Å². The molecular weight excluding hydrogens is 512 g/mol. The molecule has 1 fully saturated rings. The molecule has 1 aliphatic rings. The van der Waals surface area contributed by atoms with Crippen molar-refractivity contribution in [1.29, 1.82) is 0 Å². The van der Waals surface area contributed by atoms with Crippen LogP contribution in [0.3, 0.4) is 0 Å². The van der Waals surface area contributed by atoms with Crippen molar-refractivity contribution in [3.05, 3.63) is 83.4 Å². The van der Waals surface area contributed by atoms with Gasteiger partial charge in [-0.2, -0.15) is 0 Å². The summed E-state index contributed by atoms with van der Waals surface area (Å²) in [7, 11) is -3.98. The van der Waals surface area contributed by atoms with Crippen LogP contribution in [-0.2, 0) is 26.0 Å². The lowest BCUT2D eigenvalue weighted by Crippen LogP contribution is -2.35. The van der Waals surface area contributed by atoms with E-state index >= 15 is 0 Å². The zero-order chi connectivity index (χ0) is 26.3. The van der Waals surface area contributed by atoms with Crippen molar-refractivity contribution in [3.8, 4) is 0 Å². The first-order valence-corrected chi connectivity index (χ1v) is 13.9. The van der Waals surface area contributed by atoms with Gasteiger partial charge >= 0.3 is 0 Å². The number of piperidine rings is 1. The SMILES string of the molecule is O=C(Cc1ccccc1)NCC(=O)Nc1cc(S(=O)(=O)Nc2ccccc2Cl)ccc1N1CCCCC1. The molecule has 0 unspecified atom stereocenters. The van der Waals surface area contributed by atoms with Gasteiger partial charge in [-0.05, 0) is 55.2 Å². The Morgan fingerprint density at radius 2 is 1.54 bits per heavy atom. The topological polar surface area (TPSA) is 108 Å². The number of nitrogens with zero attached hydrogens (tertiary/aromatic N) is 1. The van der Waals surface area contributed by atoms with Gasteiger partial charge < -0.3 is 15.5 Å². The second-order valence-electron chi connectivity index (χ2n) is 8.80. The number of sulfonamides is 1. The van der Waals surface area contributed by atoms with Crippen molar-refractivity contribution in [2.45, 2.75) is 30.6 Å². The van der Waals surface area contributed by atoms with Gasteiger partial charge in [-0.3, -0.25) is 14.3 Å². The van der Waals surface area contributed by atoms with Crippen LogP contribution in [0.2, 0.25) is 5.02 Å². The molecule has 0 aliphatic carbocycles. The number of amides is 2. The summed E-state index contributed by atoms with van der Waals surface area (Å²) in [6.07, 6.45) is 3.31. The smallest absolute Gasteiger partial charge is 0.262 e. The molecule has 0 spiro atoms. The number of carbonyl (C=O) groups excluding carboxylic acids is 2. The lowest BCUT2D eigenvalue weighted by molar-refractivity contribution is -0.123. The molecule has 0 saturated carbocycles. The summed E-state index contributed by atoms with van der Waals surface area (Å²) in [5, 5.41) is 5.70. The van der Waals surface area contributed by atoms with E-state index in [2.05, 4.69) is 20.3 Å². The molecule has 1 heterocycles. The minimum Gasteiger partial charge on any atom is -0.370 e. The van der Waals surface area contributed by atoms with E-state index in [9.17, 15) is 18.0 Å². The van der Waals surface area contributed by atoms with E-state index < -0.39 is 15.9 Å². The fourth-order valence-corrected chi connectivity index (χ4v) is 5.50. The first-order chi connectivity index (χ1) is 17.8. The molecule has 0 atom stereocenters. The Morgan fingerprint density at radius 1 is 0.838 bits per heavy atom. The average Bonchev–Trinajstić information content (AvgIpc) is 2.90. The molecule has 10 heteroatoms. The third kappa shape index (κ3) is 7.24. The molecule has 0 bridgehead atoms. The van der Waals surface area contributed by atoms with Gasteiger partial charge in [0.15, 0.2) is 0 Å². The van der Waals surface area contributed by atoms with E-state index in [4.69, 9.17) is 11.6 Å². The van der Waals surface area contributed by atoms with Crippen LogP contribution in [0.15, 0.2) is 77.7 Å². The minimum atomic E-state index is -3.98. The van der Waals surface area contributed by atoms with Crippen LogP contribution in [0, 0.1) is 0 Å². The van der Waals surface area contributed by atoms with Crippen LogP contribution in [0.25, 0.3) is 0 Å². The predicted molar refractivity (Wildman–Crippen MR) is 147 cm³/mol. The third-order valence-electron chi connectivity index (χ3n) is 6.02. The number of anilines is 3. The Hall–Kier alpha value is -3.56. The van der Waals surface area contributed by atoms with E-state index in [-0.39, 0.29) is 34.5 Å². The maximum atomic E-state index is 13.1. The monoisotopic (exact) mass is 540 g/mol. The van der Waals surface area contributed by atoms with Gasteiger partial charge in [0, 0.05) is 13.1 Å². The molecule has 4 rings (SSSR count). The van der Waals surface area contributed by atoms with Gasteiger partial charge in [-0.25, -0.2) is 8.42 Å². The predicted octanol–water partition coefficient (Wildman–Crippen LogP) is 4.43. The molecule has 8 nitrogen and oxygen atoms in total. The molecule has 1 aliphatic heterocycles. The van der Waals surface area contributed by atoms with Crippen LogP contribution in [0.4, 0.5) is 17.1 Å². The number of hydrogen-bond acceptors (Lipinski definition) is 5. The number of benzene rings is 3. The highest BCUT2D eigenvalue weighted by Crippen LogP contribution is 2.32. The molecule has 3 aromatic rings. The van der Waals surface area contributed by atoms with Crippen molar-refractivity contribution < 1.29 is 18.0 Å². The summed E-state index contributed by atoms with van der Waals surface area (Å²) in [5.74, 6) is -0.730. The summed E-state index contributed by atoms with van der Waals surface area (Å²) in [6.45, 7) is 1.38. The number of nitrogens with one attached hydrogen (secondary N) is 3.